The first-order valence-corrected chi connectivity index (χ1v) is 9.26. The molecule has 0 aromatic carbocycles. The van der Waals surface area contributed by atoms with E-state index in [-0.39, 0.29) is 6.54 Å². The molecule has 0 radical (unpaired) electrons. The molecule has 10 heteroatoms. The van der Waals surface area contributed by atoms with Crippen molar-refractivity contribution in [3.8, 4) is 0 Å². The molecule has 1 aliphatic rings. The predicted molar refractivity (Wildman–Crippen MR) is 83.4 cm³/mol. The lowest BCUT2D eigenvalue weighted by Gasteiger charge is -2.18. The van der Waals surface area contributed by atoms with Crippen molar-refractivity contribution in [2.45, 2.75) is 44.9 Å². The van der Waals surface area contributed by atoms with Crippen molar-refractivity contribution in [2.75, 3.05) is 18.3 Å². The van der Waals surface area contributed by atoms with Gasteiger partial charge in [-0.1, -0.05) is 6.92 Å². The molecule has 0 spiro atoms. The van der Waals surface area contributed by atoms with E-state index in [1.54, 1.807) is 6.20 Å². The van der Waals surface area contributed by atoms with Crippen LogP contribution in [0, 0.1) is 0 Å². The van der Waals surface area contributed by atoms with Crippen LogP contribution in [0.3, 0.4) is 0 Å². The van der Waals surface area contributed by atoms with Crippen molar-refractivity contribution in [1.82, 2.24) is 9.55 Å². The van der Waals surface area contributed by atoms with Crippen molar-refractivity contribution in [3.05, 3.63) is 22.2 Å². The summed E-state index contributed by atoms with van der Waals surface area (Å²) >= 11 is 0. The first-order chi connectivity index (χ1) is 10.8. The third kappa shape index (κ3) is 5.71. The van der Waals surface area contributed by atoms with Crippen LogP contribution in [-0.4, -0.2) is 49.5 Å². The maximum absolute atomic E-state index is 12.1. The SMILES string of the molecule is CCc1cn(C[C@@H](CO)OCP(=O)(O)O)c(=O)nc1NC1CC1. The third-order valence-electron chi connectivity index (χ3n) is 3.45. The van der Waals surface area contributed by atoms with Crippen LogP contribution in [0.2, 0.25) is 0 Å². The van der Waals surface area contributed by atoms with Crippen LogP contribution in [0.25, 0.3) is 0 Å². The van der Waals surface area contributed by atoms with Gasteiger partial charge in [-0.05, 0) is 19.3 Å². The Labute approximate surface area is 133 Å². The Morgan fingerprint density at radius 1 is 1.52 bits per heavy atom. The average Bonchev–Trinajstić information content (AvgIpc) is 3.28. The summed E-state index contributed by atoms with van der Waals surface area (Å²) in [4.78, 5) is 33.7. The third-order valence-corrected chi connectivity index (χ3v) is 3.94. The van der Waals surface area contributed by atoms with Gasteiger partial charge in [-0.3, -0.25) is 9.13 Å². The standard InChI is InChI=1S/C13H22N3O6P/c1-2-9-5-16(6-11(7-17)22-8-23(19,20)21)13(18)15-12(9)14-10-3-4-10/h5,10-11,17H,2-4,6-8H2,1H3,(H,14,15,18)(H2,19,20,21)/t11-/m0/s1. The first-order valence-electron chi connectivity index (χ1n) is 7.46. The second-order valence-corrected chi connectivity index (χ2v) is 7.17. The second kappa shape index (κ2) is 7.55. The molecule has 9 nitrogen and oxygen atoms in total. The molecule has 0 unspecified atom stereocenters. The van der Waals surface area contributed by atoms with Crippen LogP contribution >= 0.6 is 7.60 Å². The summed E-state index contributed by atoms with van der Waals surface area (Å²) in [5.74, 6) is 0.577. The number of hydrogen-bond donors (Lipinski definition) is 4. The fourth-order valence-corrected chi connectivity index (χ4v) is 2.46. The molecule has 4 N–H and O–H groups in total. The maximum Gasteiger partial charge on any atom is 0.350 e. The number of nitrogens with one attached hydrogen (secondary N) is 1. The molecule has 1 aromatic rings. The van der Waals surface area contributed by atoms with Crippen molar-refractivity contribution in [2.24, 2.45) is 0 Å². The minimum absolute atomic E-state index is 0.0287. The zero-order valence-electron chi connectivity index (χ0n) is 12.9. The van der Waals surface area contributed by atoms with E-state index in [1.807, 2.05) is 6.92 Å². The lowest BCUT2D eigenvalue weighted by Crippen LogP contribution is -2.33. The number of aryl methyl sites for hydroxylation is 1. The molecule has 1 fully saturated rings. The lowest BCUT2D eigenvalue weighted by molar-refractivity contribution is 0.0188. The largest absolute Gasteiger partial charge is 0.394 e. The van der Waals surface area contributed by atoms with E-state index < -0.39 is 32.3 Å². The van der Waals surface area contributed by atoms with Crippen LogP contribution in [0.1, 0.15) is 25.3 Å². The average molecular weight is 347 g/mol. The molecule has 0 saturated heterocycles. The monoisotopic (exact) mass is 347 g/mol. The number of ether oxygens (including phenoxy) is 1. The van der Waals surface area contributed by atoms with Gasteiger partial charge in [0.25, 0.3) is 0 Å². The molecule has 1 aliphatic carbocycles. The van der Waals surface area contributed by atoms with Gasteiger partial charge in [-0.15, -0.1) is 0 Å². The van der Waals surface area contributed by atoms with Crippen molar-refractivity contribution in [1.29, 1.82) is 0 Å². The summed E-state index contributed by atoms with van der Waals surface area (Å²) in [7, 11) is -4.33. The number of nitrogens with zero attached hydrogens (tertiary/aromatic N) is 2. The number of hydrogen-bond acceptors (Lipinski definition) is 6. The van der Waals surface area contributed by atoms with Gasteiger partial charge in [0.15, 0.2) is 0 Å². The fourth-order valence-electron chi connectivity index (χ4n) is 2.06. The highest BCUT2D eigenvalue weighted by Crippen LogP contribution is 2.34. The highest BCUT2D eigenvalue weighted by molar-refractivity contribution is 7.51. The van der Waals surface area contributed by atoms with E-state index >= 15 is 0 Å². The van der Waals surface area contributed by atoms with Crippen LogP contribution in [0.5, 0.6) is 0 Å². The Balaban J connectivity index is 2.11. The van der Waals surface area contributed by atoms with E-state index in [2.05, 4.69) is 10.3 Å². The van der Waals surface area contributed by atoms with Crippen molar-refractivity contribution in [3.63, 3.8) is 0 Å². The van der Waals surface area contributed by atoms with Gasteiger partial charge in [-0.25, -0.2) is 4.79 Å². The van der Waals surface area contributed by atoms with Gasteiger partial charge in [0.05, 0.1) is 19.3 Å². The molecule has 1 saturated carbocycles. The number of aliphatic hydroxyl groups is 1. The molecule has 1 atom stereocenters. The predicted octanol–water partition coefficient (Wildman–Crippen LogP) is -0.107. The van der Waals surface area contributed by atoms with Crippen molar-refractivity contribution >= 4 is 13.4 Å². The molecule has 1 heterocycles. The Morgan fingerprint density at radius 2 is 2.22 bits per heavy atom. The van der Waals surface area contributed by atoms with Crippen LogP contribution in [0.15, 0.2) is 11.0 Å². The van der Waals surface area contributed by atoms with E-state index in [1.165, 1.54) is 4.57 Å². The Bertz CT molecular complexity index is 639. The molecule has 23 heavy (non-hydrogen) atoms. The number of anilines is 1. The summed E-state index contributed by atoms with van der Waals surface area (Å²) < 4.78 is 17.1. The topological polar surface area (TPSA) is 134 Å². The van der Waals surface area contributed by atoms with Gasteiger partial charge < -0.3 is 24.9 Å². The van der Waals surface area contributed by atoms with Gasteiger partial charge in [0.1, 0.15) is 12.2 Å². The molecule has 0 amide bonds. The minimum Gasteiger partial charge on any atom is -0.394 e. The number of aliphatic hydroxyl groups excluding tert-OH is 1. The van der Waals surface area contributed by atoms with Crippen LogP contribution < -0.4 is 11.0 Å². The highest BCUT2D eigenvalue weighted by Gasteiger charge is 2.23. The van der Waals surface area contributed by atoms with E-state index in [4.69, 9.17) is 14.5 Å². The molecule has 1 aromatic heterocycles. The normalized spacial score (nSPS) is 16.3. The zero-order valence-corrected chi connectivity index (χ0v) is 13.8. The number of aromatic nitrogens is 2. The summed E-state index contributed by atoms with van der Waals surface area (Å²) in [5, 5.41) is 12.5. The smallest absolute Gasteiger partial charge is 0.350 e. The summed E-state index contributed by atoms with van der Waals surface area (Å²) in [5.41, 5.74) is 0.367. The Hall–Kier alpha value is -1.25. The summed E-state index contributed by atoms with van der Waals surface area (Å²) in [6.45, 7) is 1.45. The van der Waals surface area contributed by atoms with Crippen LogP contribution in [-0.2, 0) is 22.3 Å². The second-order valence-electron chi connectivity index (χ2n) is 5.59. The Morgan fingerprint density at radius 3 is 2.74 bits per heavy atom. The molecular weight excluding hydrogens is 325 g/mol. The quantitative estimate of drug-likeness (QED) is 0.455. The van der Waals surface area contributed by atoms with E-state index in [0.717, 1.165) is 18.4 Å². The molecule has 130 valence electrons. The van der Waals surface area contributed by atoms with Crippen molar-refractivity contribution < 1.29 is 24.2 Å². The molecule has 0 bridgehead atoms. The van der Waals surface area contributed by atoms with Gasteiger partial charge in [-0.2, -0.15) is 4.98 Å². The minimum atomic E-state index is -4.33. The van der Waals surface area contributed by atoms with Crippen LogP contribution in [0.4, 0.5) is 5.82 Å². The molecule has 0 aliphatic heterocycles. The summed E-state index contributed by atoms with van der Waals surface area (Å²) in [6.07, 6.45) is 2.75. The van der Waals surface area contributed by atoms with Gasteiger partial charge in [0.2, 0.25) is 0 Å². The van der Waals surface area contributed by atoms with Gasteiger partial charge in [0, 0.05) is 17.8 Å². The van der Waals surface area contributed by atoms with E-state index in [0.29, 0.717) is 18.3 Å². The van der Waals surface area contributed by atoms with E-state index in [9.17, 15) is 14.5 Å². The Kier molecular flexibility index (Phi) is 5.94. The summed E-state index contributed by atoms with van der Waals surface area (Å²) in [6, 6.07) is 0.375. The zero-order chi connectivity index (χ0) is 17.0. The number of rotatable bonds is 9. The van der Waals surface area contributed by atoms with Gasteiger partial charge >= 0.3 is 13.3 Å². The highest BCUT2D eigenvalue weighted by atomic mass is 31.2. The lowest BCUT2D eigenvalue weighted by atomic mass is 10.2. The molecule has 2 rings (SSSR count). The first kappa shape index (κ1) is 18.1. The maximum atomic E-state index is 12.1. The molecular formula is C13H22N3O6P. The fraction of sp³-hybridized carbons (Fsp3) is 0.692.